The number of carbonyl (C=O) groups excluding carboxylic acids is 1. The normalized spacial score (nSPS) is 16.4. The number of rotatable bonds is 5. The van der Waals surface area contributed by atoms with Crippen LogP contribution in [0.15, 0.2) is 53.3 Å². The van der Waals surface area contributed by atoms with E-state index in [-0.39, 0.29) is 24.1 Å². The van der Waals surface area contributed by atoms with Crippen molar-refractivity contribution in [2.75, 3.05) is 13.2 Å². The smallest absolute Gasteiger partial charge is 0.258 e. The van der Waals surface area contributed by atoms with Crippen LogP contribution in [0, 0.1) is 0 Å². The standard InChI is InChI=1S/C21H20ClN3O3/c22-15-9-7-14(8-10-15)21(27)25(12-16-4-3-11-28-16)13-19-23-18-6-2-1-5-17(18)20(26)24-19/h1-2,5-10,16H,3-4,11-13H2,(H,23,24,26)/t16-/m0/s1. The Morgan fingerprint density at radius 1 is 1.21 bits per heavy atom. The molecule has 1 fully saturated rings. The molecule has 0 aliphatic carbocycles. The lowest BCUT2D eigenvalue weighted by molar-refractivity contribution is 0.0501. The number of aromatic amines is 1. The van der Waals surface area contributed by atoms with Gasteiger partial charge in [-0.25, -0.2) is 4.98 Å². The molecule has 0 spiro atoms. The molecule has 1 aliphatic heterocycles. The van der Waals surface area contributed by atoms with Crippen molar-refractivity contribution >= 4 is 28.4 Å². The van der Waals surface area contributed by atoms with Crippen molar-refractivity contribution in [3.05, 3.63) is 75.3 Å². The van der Waals surface area contributed by atoms with Crippen molar-refractivity contribution < 1.29 is 9.53 Å². The Morgan fingerprint density at radius 3 is 2.75 bits per heavy atom. The molecule has 3 aromatic rings. The second-order valence-corrected chi connectivity index (χ2v) is 7.29. The number of amides is 1. The third-order valence-electron chi connectivity index (χ3n) is 4.83. The van der Waals surface area contributed by atoms with Crippen LogP contribution in [-0.4, -0.2) is 40.0 Å². The van der Waals surface area contributed by atoms with Crippen LogP contribution in [0.2, 0.25) is 5.02 Å². The van der Waals surface area contributed by atoms with Crippen LogP contribution in [0.1, 0.15) is 29.0 Å². The first-order valence-electron chi connectivity index (χ1n) is 9.24. The van der Waals surface area contributed by atoms with Crippen molar-refractivity contribution in [3.8, 4) is 0 Å². The molecule has 0 radical (unpaired) electrons. The average Bonchev–Trinajstić information content (AvgIpc) is 3.21. The highest BCUT2D eigenvalue weighted by Crippen LogP contribution is 2.18. The van der Waals surface area contributed by atoms with Crippen LogP contribution in [0.25, 0.3) is 10.9 Å². The van der Waals surface area contributed by atoms with E-state index >= 15 is 0 Å². The highest BCUT2D eigenvalue weighted by atomic mass is 35.5. The van der Waals surface area contributed by atoms with Gasteiger partial charge in [0.15, 0.2) is 0 Å². The molecule has 28 heavy (non-hydrogen) atoms. The fourth-order valence-corrected chi connectivity index (χ4v) is 3.54. The second kappa shape index (κ2) is 8.12. The molecule has 0 bridgehead atoms. The Labute approximate surface area is 167 Å². The van der Waals surface area contributed by atoms with Crippen molar-refractivity contribution in [2.24, 2.45) is 0 Å². The van der Waals surface area contributed by atoms with E-state index in [1.165, 1.54) is 0 Å². The molecule has 7 heteroatoms. The molecule has 1 N–H and O–H groups in total. The third kappa shape index (κ3) is 4.08. The monoisotopic (exact) mass is 397 g/mol. The number of aromatic nitrogens is 2. The zero-order chi connectivity index (χ0) is 19.5. The largest absolute Gasteiger partial charge is 0.376 e. The van der Waals surface area contributed by atoms with Crippen molar-refractivity contribution in [1.29, 1.82) is 0 Å². The number of benzene rings is 2. The maximum atomic E-state index is 13.1. The first-order chi connectivity index (χ1) is 13.6. The summed E-state index contributed by atoms with van der Waals surface area (Å²) >= 11 is 5.94. The maximum Gasteiger partial charge on any atom is 0.258 e. The Balaban J connectivity index is 1.64. The molecule has 0 unspecified atom stereocenters. The first kappa shape index (κ1) is 18.7. The van der Waals surface area contributed by atoms with Crippen LogP contribution in [0.4, 0.5) is 0 Å². The number of hydrogen-bond donors (Lipinski definition) is 1. The second-order valence-electron chi connectivity index (χ2n) is 6.86. The molecule has 1 saturated heterocycles. The molecule has 2 aromatic carbocycles. The number of halogens is 1. The lowest BCUT2D eigenvalue weighted by Gasteiger charge is -2.25. The van der Waals surface area contributed by atoms with Gasteiger partial charge in [-0.15, -0.1) is 0 Å². The summed E-state index contributed by atoms with van der Waals surface area (Å²) in [5, 5.41) is 1.10. The molecule has 2 heterocycles. The Morgan fingerprint density at radius 2 is 2.00 bits per heavy atom. The van der Waals surface area contributed by atoms with Gasteiger partial charge in [0, 0.05) is 23.7 Å². The summed E-state index contributed by atoms with van der Waals surface area (Å²) in [7, 11) is 0. The number of hydrogen-bond acceptors (Lipinski definition) is 4. The molecule has 1 amide bonds. The summed E-state index contributed by atoms with van der Waals surface area (Å²) in [6, 6.07) is 13.9. The minimum atomic E-state index is -0.211. The van der Waals surface area contributed by atoms with E-state index in [0.717, 1.165) is 12.8 Å². The molecule has 144 valence electrons. The van der Waals surface area contributed by atoms with Crippen LogP contribution in [0.5, 0.6) is 0 Å². The summed E-state index contributed by atoms with van der Waals surface area (Å²) in [5.41, 5.74) is 0.930. The highest BCUT2D eigenvalue weighted by molar-refractivity contribution is 6.30. The minimum absolute atomic E-state index is 0.0107. The number of para-hydroxylation sites is 1. The highest BCUT2D eigenvalue weighted by Gasteiger charge is 2.24. The maximum absolute atomic E-state index is 13.1. The Kier molecular flexibility index (Phi) is 5.41. The Hall–Kier alpha value is -2.70. The molecular formula is C21H20ClN3O3. The molecular weight excluding hydrogens is 378 g/mol. The lowest BCUT2D eigenvalue weighted by Crippen LogP contribution is -2.37. The van der Waals surface area contributed by atoms with Crippen LogP contribution < -0.4 is 5.56 Å². The van der Waals surface area contributed by atoms with Crippen LogP contribution in [-0.2, 0) is 11.3 Å². The summed E-state index contributed by atoms with van der Waals surface area (Å²) in [4.78, 5) is 34.5. The minimum Gasteiger partial charge on any atom is -0.376 e. The lowest BCUT2D eigenvalue weighted by atomic mass is 10.1. The third-order valence-corrected chi connectivity index (χ3v) is 5.08. The van der Waals surface area contributed by atoms with Crippen LogP contribution in [0.3, 0.4) is 0 Å². The zero-order valence-electron chi connectivity index (χ0n) is 15.2. The fourth-order valence-electron chi connectivity index (χ4n) is 3.42. The van der Waals surface area contributed by atoms with Gasteiger partial charge < -0.3 is 14.6 Å². The summed E-state index contributed by atoms with van der Waals surface area (Å²) in [6.45, 7) is 1.35. The molecule has 6 nitrogen and oxygen atoms in total. The molecule has 1 aromatic heterocycles. The van der Waals surface area contributed by atoms with Gasteiger partial charge in [0.1, 0.15) is 5.82 Å². The van der Waals surface area contributed by atoms with Crippen molar-refractivity contribution in [3.63, 3.8) is 0 Å². The topological polar surface area (TPSA) is 75.3 Å². The van der Waals surface area contributed by atoms with Crippen molar-refractivity contribution in [1.82, 2.24) is 14.9 Å². The number of ether oxygens (including phenoxy) is 1. The number of nitrogens with one attached hydrogen (secondary N) is 1. The fraction of sp³-hybridized carbons (Fsp3) is 0.286. The van der Waals surface area contributed by atoms with Gasteiger partial charge in [-0.05, 0) is 49.2 Å². The van der Waals surface area contributed by atoms with Gasteiger partial charge in [-0.2, -0.15) is 0 Å². The van der Waals surface area contributed by atoms with E-state index < -0.39 is 0 Å². The van der Waals surface area contributed by atoms with Gasteiger partial charge in [-0.1, -0.05) is 23.7 Å². The van der Waals surface area contributed by atoms with Crippen LogP contribution >= 0.6 is 11.6 Å². The Bertz CT molecular complexity index is 1040. The van der Waals surface area contributed by atoms with Gasteiger partial charge in [-0.3, -0.25) is 9.59 Å². The predicted octanol–water partition coefficient (Wildman–Crippen LogP) is 3.40. The number of nitrogens with zero attached hydrogens (tertiary/aromatic N) is 2. The molecule has 0 saturated carbocycles. The average molecular weight is 398 g/mol. The van der Waals surface area contributed by atoms with E-state index in [4.69, 9.17) is 16.3 Å². The first-order valence-corrected chi connectivity index (χ1v) is 9.62. The van der Waals surface area contributed by atoms with E-state index in [9.17, 15) is 9.59 Å². The molecule has 4 rings (SSSR count). The van der Waals surface area contributed by atoms with E-state index in [1.54, 1.807) is 47.4 Å². The van der Waals surface area contributed by atoms with Gasteiger partial charge in [0.05, 0.1) is 23.6 Å². The number of H-pyrrole nitrogens is 1. The van der Waals surface area contributed by atoms with E-state index in [0.29, 0.717) is 40.5 Å². The number of fused-ring (bicyclic) bond motifs is 1. The van der Waals surface area contributed by atoms with Gasteiger partial charge in [0.2, 0.25) is 0 Å². The summed E-state index contributed by atoms with van der Waals surface area (Å²) in [5.74, 6) is 0.298. The predicted molar refractivity (Wildman–Crippen MR) is 108 cm³/mol. The summed E-state index contributed by atoms with van der Waals surface area (Å²) in [6.07, 6.45) is 1.88. The zero-order valence-corrected chi connectivity index (χ0v) is 16.0. The molecule has 1 atom stereocenters. The van der Waals surface area contributed by atoms with Crippen molar-refractivity contribution in [2.45, 2.75) is 25.5 Å². The van der Waals surface area contributed by atoms with Gasteiger partial charge in [0.25, 0.3) is 11.5 Å². The van der Waals surface area contributed by atoms with E-state index in [1.807, 2.05) is 6.07 Å². The van der Waals surface area contributed by atoms with Gasteiger partial charge >= 0.3 is 0 Å². The summed E-state index contributed by atoms with van der Waals surface area (Å²) < 4.78 is 5.71. The van der Waals surface area contributed by atoms with E-state index in [2.05, 4.69) is 9.97 Å². The quantitative estimate of drug-likeness (QED) is 0.716. The SMILES string of the molecule is O=C(c1ccc(Cl)cc1)N(Cc1nc2ccccc2c(=O)[nH]1)C[C@@H]1CCCO1. The molecule has 1 aliphatic rings. The number of carbonyl (C=O) groups is 1.